The van der Waals surface area contributed by atoms with Crippen molar-refractivity contribution in [3.05, 3.63) is 69.3 Å². The Hall–Kier alpha value is -2.21. The van der Waals surface area contributed by atoms with Gasteiger partial charge in [0.05, 0.1) is 19.3 Å². The summed E-state index contributed by atoms with van der Waals surface area (Å²) in [5.41, 5.74) is 9.66. The van der Waals surface area contributed by atoms with Gasteiger partial charge in [-0.1, -0.05) is 58.0 Å². The van der Waals surface area contributed by atoms with Crippen LogP contribution in [0.15, 0.2) is 30.3 Å². The van der Waals surface area contributed by atoms with Crippen molar-refractivity contribution in [1.29, 1.82) is 0 Å². The Morgan fingerprint density at radius 3 is 2.53 bits per heavy atom. The highest BCUT2D eigenvalue weighted by Crippen LogP contribution is 2.39. The van der Waals surface area contributed by atoms with Gasteiger partial charge < -0.3 is 14.7 Å². The summed E-state index contributed by atoms with van der Waals surface area (Å²) in [6.45, 7) is 13.8. The van der Waals surface area contributed by atoms with Crippen molar-refractivity contribution in [1.82, 2.24) is 9.80 Å². The molecule has 2 aromatic carbocycles. The Morgan fingerprint density at radius 2 is 1.85 bits per heavy atom. The van der Waals surface area contributed by atoms with Crippen molar-refractivity contribution in [2.24, 2.45) is 0 Å². The number of aliphatic hydroxyl groups excluding tert-OH is 1. The number of carbonyl (C=O) groups excluding carboxylic acids is 1. The van der Waals surface area contributed by atoms with Gasteiger partial charge in [-0.3, -0.25) is 9.69 Å². The van der Waals surface area contributed by atoms with Crippen LogP contribution >= 0.6 is 0 Å². The number of aliphatic hydroxyl groups is 1. The molecule has 3 aliphatic heterocycles. The first-order valence-corrected chi connectivity index (χ1v) is 12.7. The van der Waals surface area contributed by atoms with Gasteiger partial charge in [0.2, 0.25) is 5.91 Å². The SMILES string of the molecule is CC(C)c1ccc(CC(C)(C)c2cccc3c2CCN(C2COC2)C3)c2c1CN(C(=O)CO)C2. The molecular weight excluding hydrogens is 424 g/mol. The molecule has 0 aliphatic carbocycles. The first kappa shape index (κ1) is 23.5. The van der Waals surface area contributed by atoms with Crippen molar-refractivity contribution in [2.75, 3.05) is 26.4 Å². The molecule has 0 aromatic heterocycles. The molecule has 0 spiro atoms. The average molecular weight is 463 g/mol. The van der Waals surface area contributed by atoms with Crippen LogP contribution < -0.4 is 0 Å². The Labute approximate surface area is 203 Å². The molecular formula is C29H38N2O3. The fourth-order valence-corrected chi connectivity index (χ4v) is 6.15. The number of amides is 1. The first-order chi connectivity index (χ1) is 16.3. The minimum Gasteiger partial charge on any atom is -0.387 e. The van der Waals surface area contributed by atoms with E-state index in [0.29, 0.717) is 25.0 Å². The summed E-state index contributed by atoms with van der Waals surface area (Å²) >= 11 is 0. The van der Waals surface area contributed by atoms with Gasteiger partial charge in [0.15, 0.2) is 0 Å². The monoisotopic (exact) mass is 462 g/mol. The summed E-state index contributed by atoms with van der Waals surface area (Å²) in [6, 6.07) is 12.0. The lowest BCUT2D eigenvalue weighted by molar-refractivity contribution is -0.134. The smallest absolute Gasteiger partial charge is 0.248 e. The maximum absolute atomic E-state index is 12.3. The van der Waals surface area contributed by atoms with Crippen LogP contribution in [0, 0.1) is 0 Å². The van der Waals surface area contributed by atoms with Crippen LogP contribution in [-0.4, -0.2) is 53.2 Å². The van der Waals surface area contributed by atoms with Crippen molar-refractivity contribution >= 4 is 5.91 Å². The largest absolute Gasteiger partial charge is 0.387 e. The highest BCUT2D eigenvalue weighted by Gasteiger charge is 2.34. The number of benzene rings is 2. The molecule has 0 bridgehead atoms. The summed E-state index contributed by atoms with van der Waals surface area (Å²) in [4.78, 5) is 16.7. The molecule has 182 valence electrons. The molecule has 1 saturated heterocycles. The highest BCUT2D eigenvalue weighted by atomic mass is 16.5. The summed E-state index contributed by atoms with van der Waals surface area (Å²) in [6.07, 6.45) is 2.03. The fraction of sp³-hybridized carbons (Fsp3) is 0.552. The lowest BCUT2D eigenvalue weighted by Gasteiger charge is -2.41. The van der Waals surface area contributed by atoms with Gasteiger partial charge in [-0.05, 0) is 63.1 Å². The number of nitrogens with zero attached hydrogens (tertiary/aromatic N) is 2. The van der Waals surface area contributed by atoms with E-state index >= 15 is 0 Å². The maximum Gasteiger partial charge on any atom is 0.248 e. The number of hydrogen-bond donors (Lipinski definition) is 1. The predicted molar refractivity (Wildman–Crippen MR) is 134 cm³/mol. The zero-order valence-electron chi connectivity index (χ0n) is 21.1. The molecule has 0 atom stereocenters. The summed E-state index contributed by atoms with van der Waals surface area (Å²) in [5, 5.41) is 9.44. The zero-order chi connectivity index (χ0) is 24.0. The molecule has 0 saturated carbocycles. The lowest BCUT2D eigenvalue weighted by Crippen LogP contribution is -2.50. The minimum atomic E-state index is -0.425. The second-order valence-electron chi connectivity index (χ2n) is 11.2. The summed E-state index contributed by atoms with van der Waals surface area (Å²) in [7, 11) is 0. The van der Waals surface area contributed by atoms with E-state index in [1.807, 2.05) is 0 Å². The van der Waals surface area contributed by atoms with Crippen molar-refractivity contribution in [3.63, 3.8) is 0 Å². The molecule has 5 rings (SSSR count). The summed E-state index contributed by atoms with van der Waals surface area (Å²) in [5.74, 6) is 0.222. The third-order valence-corrected chi connectivity index (χ3v) is 8.17. The van der Waals surface area contributed by atoms with Gasteiger partial charge in [0.25, 0.3) is 0 Å². The number of ether oxygens (including phenoxy) is 1. The molecule has 1 amide bonds. The molecule has 2 aromatic rings. The van der Waals surface area contributed by atoms with E-state index < -0.39 is 6.61 Å². The Bertz CT molecular complexity index is 1090. The second-order valence-corrected chi connectivity index (χ2v) is 11.2. The van der Waals surface area contributed by atoms with E-state index in [4.69, 9.17) is 4.74 Å². The normalized spacial score (nSPS) is 18.7. The molecule has 3 heterocycles. The highest BCUT2D eigenvalue weighted by molar-refractivity contribution is 5.78. The fourth-order valence-electron chi connectivity index (χ4n) is 6.15. The average Bonchev–Trinajstić information content (AvgIpc) is 3.22. The Kier molecular flexibility index (Phi) is 6.30. The molecule has 5 heteroatoms. The third kappa shape index (κ3) is 4.19. The minimum absolute atomic E-state index is 0.0192. The molecule has 34 heavy (non-hydrogen) atoms. The van der Waals surface area contributed by atoms with Crippen molar-refractivity contribution < 1.29 is 14.6 Å². The van der Waals surface area contributed by atoms with Crippen LogP contribution in [-0.2, 0) is 47.4 Å². The van der Waals surface area contributed by atoms with E-state index in [1.54, 1.807) is 4.90 Å². The van der Waals surface area contributed by atoms with E-state index in [2.05, 4.69) is 62.9 Å². The molecule has 0 unspecified atom stereocenters. The van der Waals surface area contributed by atoms with E-state index in [-0.39, 0.29) is 11.3 Å². The maximum atomic E-state index is 12.3. The molecule has 3 aliphatic rings. The van der Waals surface area contributed by atoms with Crippen LogP contribution in [0.1, 0.15) is 72.6 Å². The number of hydrogen-bond acceptors (Lipinski definition) is 4. The van der Waals surface area contributed by atoms with Crippen LogP contribution in [0.5, 0.6) is 0 Å². The Morgan fingerprint density at radius 1 is 1.09 bits per heavy atom. The van der Waals surface area contributed by atoms with E-state index in [9.17, 15) is 9.90 Å². The number of fused-ring (bicyclic) bond motifs is 2. The van der Waals surface area contributed by atoms with E-state index in [1.165, 1.54) is 38.9 Å². The van der Waals surface area contributed by atoms with Crippen LogP contribution in [0.3, 0.4) is 0 Å². The van der Waals surface area contributed by atoms with Gasteiger partial charge in [0, 0.05) is 26.2 Å². The van der Waals surface area contributed by atoms with Crippen molar-refractivity contribution in [3.8, 4) is 0 Å². The third-order valence-electron chi connectivity index (χ3n) is 8.17. The van der Waals surface area contributed by atoms with Crippen LogP contribution in [0.4, 0.5) is 0 Å². The molecule has 1 N–H and O–H groups in total. The van der Waals surface area contributed by atoms with Gasteiger partial charge in [0.1, 0.15) is 6.61 Å². The topological polar surface area (TPSA) is 53.0 Å². The first-order valence-electron chi connectivity index (χ1n) is 12.7. The Balaban J connectivity index is 1.44. The predicted octanol–water partition coefficient (Wildman–Crippen LogP) is 3.92. The van der Waals surface area contributed by atoms with Crippen LogP contribution in [0.2, 0.25) is 0 Å². The lowest BCUT2D eigenvalue weighted by atomic mass is 9.73. The molecule has 5 nitrogen and oxygen atoms in total. The van der Waals surface area contributed by atoms with Gasteiger partial charge in [-0.15, -0.1) is 0 Å². The molecule has 0 radical (unpaired) electrons. The van der Waals surface area contributed by atoms with Gasteiger partial charge in [-0.2, -0.15) is 0 Å². The van der Waals surface area contributed by atoms with Gasteiger partial charge in [-0.25, -0.2) is 0 Å². The van der Waals surface area contributed by atoms with Crippen molar-refractivity contribution in [2.45, 2.75) is 77.5 Å². The quantitative estimate of drug-likeness (QED) is 0.707. The standard InChI is InChI=1S/C29H38N2O3/c1-19(2)23-9-8-20(25-14-31(15-26(23)25)28(33)16-32)12-29(3,4)27-7-5-6-21-13-30(11-10-24(21)27)22-17-34-18-22/h5-9,19,22,32H,10-18H2,1-4H3. The number of carbonyl (C=O) groups is 1. The van der Waals surface area contributed by atoms with Crippen LogP contribution in [0.25, 0.3) is 0 Å². The zero-order valence-corrected chi connectivity index (χ0v) is 21.1. The number of rotatable bonds is 6. The van der Waals surface area contributed by atoms with Gasteiger partial charge >= 0.3 is 0 Å². The van der Waals surface area contributed by atoms with E-state index in [0.717, 1.165) is 39.1 Å². The second kappa shape index (κ2) is 9.10. The summed E-state index contributed by atoms with van der Waals surface area (Å²) < 4.78 is 5.43. The molecule has 1 fully saturated rings.